The van der Waals surface area contributed by atoms with Gasteiger partial charge in [0.1, 0.15) is 5.75 Å². The summed E-state index contributed by atoms with van der Waals surface area (Å²) in [4.78, 5) is 14.6. The van der Waals surface area contributed by atoms with Gasteiger partial charge in [-0.05, 0) is 60.3 Å². The Balaban J connectivity index is 1.48. The van der Waals surface area contributed by atoms with Crippen molar-refractivity contribution in [3.8, 4) is 5.75 Å². The maximum absolute atomic E-state index is 12.3. The topological polar surface area (TPSA) is 53.6 Å². The predicted octanol–water partition coefficient (Wildman–Crippen LogP) is 4.45. The molecule has 0 radical (unpaired) electrons. The number of fused-ring (bicyclic) bond motifs is 3. The van der Waals surface area contributed by atoms with Crippen molar-refractivity contribution in [2.75, 3.05) is 23.8 Å². The van der Waals surface area contributed by atoms with Crippen LogP contribution in [0.2, 0.25) is 0 Å². The number of nitrogens with one attached hydrogen (secondary N) is 2. The van der Waals surface area contributed by atoms with Gasteiger partial charge in [-0.1, -0.05) is 32.9 Å². The van der Waals surface area contributed by atoms with E-state index in [9.17, 15) is 4.79 Å². The van der Waals surface area contributed by atoms with Crippen LogP contribution in [0.25, 0.3) is 0 Å². The Labute approximate surface area is 160 Å². The van der Waals surface area contributed by atoms with E-state index in [-0.39, 0.29) is 5.41 Å². The van der Waals surface area contributed by atoms with E-state index in [1.165, 1.54) is 16.8 Å². The van der Waals surface area contributed by atoms with Crippen molar-refractivity contribution >= 4 is 17.5 Å². The zero-order valence-electron chi connectivity index (χ0n) is 16.4. The quantitative estimate of drug-likeness (QED) is 0.844. The second-order valence-corrected chi connectivity index (χ2v) is 8.11. The molecule has 4 rings (SSSR count). The SMILES string of the molecule is CC(C)c1ccc(NC(=O)Oc2ccc3c(c2)[C@]2(C)CCN[C@@H]2N3C)cc1. The molecule has 0 bridgehead atoms. The Morgan fingerprint density at radius 2 is 2.00 bits per heavy atom. The van der Waals surface area contributed by atoms with E-state index in [2.05, 4.69) is 43.4 Å². The maximum Gasteiger partial charge on any atom is 0.417 e. The molecule has 2 aromatic rings. The van der Waals surface area contributed by atoms with E-state index in [1.54, 1.807) is 0 Å². The van der Waals surface area contributed by atoms with Crippen molar-refractivity contribution in [1.29, 1.82) is 0 Å². The average molecular weight is 365 g/mol. The van der Waals surface area contributed by atoms with Gasteiger partial charge in [0.05, 0.1) is 6.17 Å². The van der Waals surface area contributed by atoms with Crippen molar-refractivity contribution < 1.29 is 9.53 Å². The molecule has 2 aliphatic heterocycles. The van der Waals surface area contributed by atoms with Crippen LogP contribution in [-0.4, -0.2) is 25.9 Å². The molecule has 0 aliphatic carbocycles. The number of hydrogen-bond donors (Lipinski definition) is 2. The molecule has 0 aromatic heterocycles. The van der Waals surface area contributed by atoms with Gasteiger partial charge in [-0.2, -0.15) is 0 Å². The van der Waals surface area contributed by atoms with Gasteiger partial charge in [0.2, 0.25) is 0 Å². The van der Waals surface area contributed by atoms with Crippen LogP contribution in [0.1, 0.15) is 44.2 Å². The first-order chi connectivity index (χ1) is 12.9. The third-order valence-electron chi connectivity index (χ3n) is 5.97. The minimum Gasteiger partial charge on any atom is -0.410 e. The second-order valence-electron chi connectivity index (χ2n) is 8.11. The normalized spacial score (nSPS) is 23.3. The van der Waals surface area contributed by atoms with Crippen molar-refractivity contribution in [3.63, 3.8) is 0 Å². The number of hydrogen-bond acceptors (Lipinski definition) is 4. The molecule has 0 saturated carbocycles. The van der Waals surface area contributed by atoms with E-state index < -0.39 is 6.09 Å². The molecule has 5 nitrogen and oxygen atoms in total. The van der Waals surface area contributed by atoms with Gasteiger partial charge in [-0.25, -0.2) is 4.79 Å². The van der Waals surface area contributed by atoms with Gasteiger partial charge in [0.25, 0.3) is 0 Å². The average Bonchev–Trinajstić information content (AvgIpc) is 3.12. The Morgan fingerprint density at radius 3 is 2.70 bits per heavy atom. The number of carbonyl (C=O) groups excluding carboxylic acids is 1. The molecule has 2 N–H and O–H groups in total. The summed E-state index contributed by atoms with van der Waals surface area (Å²) in [6, 6.07) is 13.8. The van der Waals surface area contributed by atoms with Gasteiger partial charge in [0, 0.05) is 23.8 Å². The van der Waals surface area contributed by atoms with Crippen LogP contribution in [-0.2, 0) is 5.41 Å². The molecule has 27 heavy (non-hydrogen) atoms. The number of amides is 1. The van der Waals surface area contributed by atoms with Crippen LogP contribution in [0.5, 0.6) is 5.75 Å². The van der Waals surface area contributed by atoms with Gasteiger partial charge < -0.3 is 9.64 Å². The van der Waals surface area contributed by atoms with Gasteiger partial charge in [-0.3, -0.25) is 10.6 Å². The predicted molar refractivity (Wildman–Crippen MR) is 109 cm³/mol. The van der Waals surface area contributed by atoms with Crippen LogP contribution >= 0.6 is 0 Å². The molecule has 0 spiro atoms. The van der Waals surface area contributed by atoms with Gasteiger partial charge in [-0.15, -0.1) is 0 Å². The maximum atomic E-state index is 12.3. The lowest BCUT2D eigenvalue weighted by Gasteiger charge is -2.27. The smallest absolute Gasteiger partial charge is 0.410 e. The van der Waals surface area contributed by atoms with Crippen molar-refractivity contribution in [2.45, 2.75) is 44.7 Å². The molecule has 1 amide bonds. The minimum absolute atomic E-state index is 0.0482. The second kappa shape index (κ2) is 6.57. The largest absolute Gasteiger partial charge is 0.417 e. The summed E-state index contributed by atoms with van der Waals surface area (Å²) in [6.07, 6.45) is 0.910. The van der Waals surface area contributed by atoms with E-state index in [0.717, 1.165) is 18.7 Å². The van der Waals surface area contributed by atoms with Crippen LogP contribution in [0.4, 0.5) is 16.2 Å². The van der Waals surface area contributed by atoms with Gasteiger partial charge >= 0.3 is 6.09 Å². The third kappa shape index (κ3) is 3.06. The number of likely N-dealkylation sites (N-methyl/N-ethyl adjacent to an activating group) is 1. The summed E-state index contributed by atoms with van der Waals surface area (Å²) in [7, 11) is 2.11. The lowest BCUT2D eigenvalue weighted by Crippen LogP contribution is -2.44. The summed E-state index contributed by atoms with van der Waals surface area (Å²) < 4.78 is 5.56. The Hall–Kier alpha value is -2.53. The molecule has 2 aliphatic rings. The first-order valence-corrected chi connectivity index (χ1v) is 9.58. The lowest BCUT2D eigenvalue weighted by molar-refractivity contribution is 0.215. The minimum atomic E-state index is -0.468. The number of carbonyl (C=O) groups is 1. The highest BCUT2D eigenvalue weighted by atomic mass is 16.6. The molecular formula is C22H27N3O2. The molecule has 142 valence electrons. The number of rotatable bonds is 3. The lowest BCUT2D eigenvalue weighted by atomic mass is 9.81. The van der Waals surface area contributed by atoms with Gasteiger partial charge in [0.15, 0.2) is 0 Å². The zero-order chi connectivity index (χ0) is 19.2. The van der Waals surface area contributed by atoms with E-state index >= 15 is 0 Å². The van der Waals surface area contributed by atoms with Crippen LogP contribution in [0.3, 0.4) is 0 Å². The summed E-state index contributed by atoms with van der Waals surface area (Å²) in [5.41, 5.74) is 4.47. The summed E-state index contributed by atoms with van der Waals surface area (Å²) in [5, 5.41) is 6.37. The van der Waals surface area contributed by atoms with E-state index in [1.807, 2.05) is 42.5 Å². The first-order valence-electron chi connectivity index (χ1n) is 9.58. The Kier molecular flexibility index (Phi) is 4.35. The number of nitrogens with zero attached hydrogens (tertiary/aromatic N) is 1. The monoisotopic (exact) mass is 365 g/mol. The molecule has 2 heterocycles. The Bertz CT molecular complexity index is 862. The fourth-order valence-electron chi connectivity index (χ4n) is 4.36. The standard InChI is InChI=1S/C22H27N3O2/c1-14(2)15-5-7-16(8-6-15)24-21(26)27-17-9-10-19-18(13-17)22(3)11-12-23-20(22)25(19)4/h5-10,13-14,20,23H,11-12H2,1-4H3,(H,24,26)/t20-,22+/m1/s1. The van der Waals surface area contributed by atoms with Crippen molar-refractivity contribution in [2.24, 2.45) is 0 Å². The number of anilines is 2. The molecule has 2 atom stereocenters. The van der Waals surface area contributed by atoms with Crippen LogP contribution < -0.4 is 20.3 Å². The van der Waals surface area contributed by atoms with E-state index in [0.29, 0.717) is 17.8 Å². The third-order valence-corrected chi connectivity index (χ3v) is 5.97. The summed E-state index contributed by atoms with van der Waals surface area (Å²) in [5.74, 6) is 1.04. The van der Waals surface area contributed by atoms with E-state index in [4.69, 9.17) is 4.74 Å². The number of ether oxygens (including phenoxy) is 1. The molecule has 2 aromatic carbocycles. The Morgan fingerprint density at radius 1 is 1.26 bits per heavy atom. The fraction of sp³-hybridized carbons (Fsp3) is 0.409. The van der Waals surface area contributed by atoms with Crippen LogP contribution in [0, 0.1) is 0 Å². The van der Waals surface area contributed by atoms with Crippen molar-refractivity contribution in [3.05, 3.63) is 53.6 Å². The highest BCUT2D eigenvalue weighted by molar-refractivity contribution is 5.86. The molecular weight excluding hydrogens is 338 g/mol. The molecule has 5 heteroatoms. The fourth-order valence-corrected chi connectivity index (χ4v) is 4.36. The highest BCUT2D eigenvalue weighted by Gasteiger charge is 2.49. The van der Waals surface area contributed by atoms with Crippen LogP contribution in [0.15, 0.2) is 42.5 Å². The zero-order valence-corrected chi connectivity index (χ0v) is 16.4. The summed E-state index contributed by atoms with van der Waals surface area (Å²) >= 11 is 0. The summed E-state index contributed by atoms with van der Waals surface area (Å²) in [6.45, 7) is 7.57. The molecule has 1 fully saturated rings. The molecule has 1 saturated heterocycles. The number of benzene rings is 2. The highest BCUT2D eigenvalue weighted by Crippen LogP contribution is 2.49. The van der Waals surface area contributed by atoms with Crippen molar-refractivity contribution in [1.82, 2.24) is 5.32 Å². The molecule has 0 unspecified atom stereocenters. The first kappa shape index (κ1) is 17.9.